The van der Waals surface area contributed by atoms with Gasteiger partial charge in [-0.3, -0.25) is 0 Å². The first-order chi connectivity index (χ1) is 11.1. The van der Waals surface area contributed by atoms with E-state index in [1.807, 2.05) is 0 Å². The summed E-state index contributed by atoms with van der Waals surface area (Å²) in [5.41, 5.74) is 1.69. The van der Waals surface area contributed by atoms with Crippen LogP contribution in [-0.4, -0.2) is 48.9 Å². The molecular formula is C17H18FN3OS. The minimum atomic E-state index is -0.308. The molecule has 0 saturated carbocycles. The topological polar surface area (TPSA) is 28.1 Å². The number of hydrogen-bond donors (Lipinski definition) is 0. The molecule has 3 heterocycles. The number of benzene rings is 1. The number of aliphatic imine (C=N–C) groups is 1. The fraction of sp³-hybridized carbons (Fsp3) is 0.353. The standard InChI is InChI=1S/C17H18FN3OS/c1-11-9-13-16(21-7-5-20(2)6-8-21)19-14-4-3-12(18)10-15(14)22-17(13)23-11/h3-4,9-10H,5-8H2,1-2H3. The van der Waals surface area contributed by atoms with Crippen molar-refractivity contribution in [2.45, 2.75) is 6.92 Å². The van der Waals surface area contributed by atoms with Crippen LogP contribution in [0.5, 0.6) is 10.8 Å². The lowest BCUT2D eigenvalue weighted by Gasteiger charge is -2.34. The lowest BCUT2D eigenvalue weighted by atomic mass is 10.2. The Morgan fingerprint density at radius 2 is 1.96 bits per heavy atom. The smallest absolute Gasteiger partial charge is 0.192 e. The summed E-state index contributed by atoms with van der Waals surface area (Å²) in [6, 6.07) is 6.63. The number of piperazine rings is 1. The van der Waals surface area contributed by atoms with E-state index in [0.717, 1.165) is 47.5 Å². The highest BCUT2D eigenvalue weighted by Gasteiger charge is 2.26. The van der Waals surface area contributed by atoms with Gasteiger partial charge >= 0.3 is 0 Å². The first kappa shape index (κ1) is 14.7. The van der Waals surface area contributed by atoms with E-state index < -0.39 is 0 Å². The van der Waals surface area contributed by atoms with Gasteiger partial charge in [-0.1, -0.05) is 0 Å². The van der Waals surface area contributed by atoms with Crippen molar-refractivity contribution < 1.29 is 9.13 Å². The van der Waals surface area contributed by atoms with E-state index in [1.165, 1.54) is 12.1 Å². The Hall–Kier alpha value is -1.92. The molecule has 0 spiro atoms. The minimum absolute atomic E-state index is 0.308. The second-order valence-corrected chi connectivity index (χ2v) is 7.22. The fourth-order valence-corrected chi connectivity index (χ4v) is 3.78. The Balaban J connectivity index is 1.82. The zero-order valence-electron chi connectivity index (χ0n) is 13.2. The summed E-state index contributed by atoms with van der Waals surface area (Å²) in [6.07, 6.45) is 0. The van der Waals surface area contributed by atoms with Gasteiger partial charge in [-0.25, -0.2) is 9.38 Å². The van der Waals surface area contributed by atoms with E-state index in [4.69, 9.17) is 9.73 Å². The third kappa shape index (κ3) is 2.72. The average molecular weight is 331 g/mol. The first-order valence-electron chi connectivity index (χ1n) is 7.70. The number of halogens is 1. The van der Waals surface area contributed by atoms with Crippen LogP contribution in [0.4, 0.5) is 10.1 Å². The molecule has 2 aliphatic heterocycles. The summed E-state index contributed by atoms with van der Waals surface area (Å²) in [4.78, 5) is 10.6. The van der Waals surface area contributed by atoms with Crippen molar-refractivity contribution in [2.24, 2.45) is 4.99 Å². The monoisotopic (exact) mass is 331 g/mol. The van der Waals surface area contributed by atoms with E-state index in [9.17, 15) is 4.39 Å². The average Bonchev–Trinajstić information content (AvgIpc) is 2.81. The van der Waals surface area contributed by atoms with Crippen LogP contribution >= 0.6 is 11.3 Å². The number of amidine groups is 1. The van der Waals surface area contributed by atoms with Crippen LogP contribution in [0.1, 0.15) is 10.4 Å². The van der Waals surface area contributed by atoms with Crippen LogP contribution in [0.15, 0.2) is 29.3 Å². The van der Waals surface area contributed by atoms with Gasteiger partial charge in [0.25, 0.3) is 0 Å². The number of rotatable bonds is 0. The number of nitrogens with zero attached hydrogens (tertiary/aromatic N) is 3. The first-order valence-corrected chi connectivity index (χ1v) is 8.52. The number of hydrogen-bond acceptors (Lipinski definition) is 5. The molecule has 4 rings (SSSR count). The molecule has 4 nitrogen and oxygen atoms in total. The molecular weight excluding hydrogens is 313 g/mol. The Morgan fingerprint density at radius 3 is 2.74 bits per heavy atom. The predicted octanol–water partition coefficient (Wildman–Crippen LogP) is 3.63. The highest BCUT2D eigenvalue weighted by atomic mass is 32.1. The van der Waals surface area contributed by atoms with Gasteiger partial charge in [0, 0.05) is 37.1 Å². The molecule has 6 heteroatoms. The lowest BCUT2D eigenvalue weighted by molar-refractivity contribution is 0.216. The summed E-state index contributed by atoms with van der Waals surface area (Å²) >= 11 is 1.58. The maximum Gasteiger partial charge on any atom is 0.192 e. The Bertz CT molecular complexity index is 778. The molecule has 0 aliphatic carbocycles. The second-order valence-electron chi connectivity index (χ2n) is 6.00. The molecule has 0 bridgehead atoms. The number of fused-ring (bicyclic) bond motifs is 2. The third-order valence-electron chi connectivity index (χ3n) is 4.22. The predicted molar refractivity (Wildman–Crippen MR) is 90.8 cm³/mol. The minimum Gasteiger partial charge on any atom is -0.444 e. The quantitative estimate of drug-likeness (QED) is 0.738. The van der Waals surface area contributed by atoms with Gasteiger partial charge in [0.05, 0.1) is 5.56 Å². The van der Waals surface area contributed by atoms with Gasteiger partial charge in [0.1, 0.15) is 17.3 Å². The normalized spacial score (nSPS) is 17.9. The Kier molecular flexibility index (Phi) is 3.58. The largest absolute Gasteiger partial charge is 0.444 e. The van der Waals surface area contributed by atoms with Crippen molar-refractivity contribution in [1.82, 2.24) is 9.80 Å². The van der Waals surface area contributed by atoms with Crippen molar-refractivity contribution in [3.8, 4) is 10.8 Å². The Labute approximate surface area is 138 Å². The summed E-state index contributed by atoms with van der Waals surface area (Å²) in [5.74, 6) is 1.11. The Morgan fingerprint density at radius 1 is 1.17 bits per heavy atom. The molecule has 0 amide bonds. The van der Waals surface area contributed by atoms with Crippen LogP contribution in [0.25, 0.3) is 0 Å². The third-order valence-corrected chi connectivity index (χ3v) is 5.14. The van der Waals surface area contributed by atoms with E-state index in [-0.39, 0.29) is 5.82 Å². The molecule has 0 N–H and O–H groups in total. The molecule has 23 heavy (non-hydrogen) atoms. The van der Waals surface area contributed by atoms with Gasteiger partial charge < -0.3 is 14.5 Å². The number of likely N-dealkylation sites (N-methyl/N-ethyl adjacent to an activating group) is 1. The molecule has 0 radical (unpaired) electrons. The maximum atomic E-state index is 13.6. The number of ether oxygens (including phenoxy) is 1. The second kappa shape index (κ2) is 5.62. The van der Waals surface area contributed by atoms with Crippen LogP contribution in [0.3, 0.4) is 0 Å². The highest BCUT2D eigenvalue weighted by Crippen LogP contribution is 2.42. The molecule has 1 aromatic carbocycles. The molecule has 1 fully saturated rings. The zero-order valence-corrected chi connectivity index (χ0v) is 14.0. The number of aryl methyl sites for hydroxylation is 1. The molecule has 0 unspecified atom stereocenters. The molecule has 2 aliphatic rings. The van der Waals surface area contributed by atoms with Gasteiger partial charge in [0.2, 0.25) is 0 Å². The SMILES string of the molecule is Cc1cc2c(s1)Oc1cc(F)ccc1N=C2N1CCN(C)CC1. The zero-order chi connectivity index (χ0) is 16.0. The fourth-order valence-electron chi connectivity index (χ4n) is 2.92. The van der Waals surface area contributed by atoms with E-state index in [2.05, 4.69) is 29.8 Å². The van der Waals surface area contributed by atoms with Crippen molar-refractivity contribution in [2.75, 3.05) is 33.2 Å². The molecule has 1 saturated heterocycles. The van der Waals surface area contributed by atoms with Crippen molar-refractivity contribution >= 4 is 22.9 Å². The molecule has 0 atom stereocenters. The van der Waals surface area contributed by atoms with Gasteiger partial charge in [-0.2, -0.15) is 0 Å². The van der Waals surface area contributed by atoms with Crippen molar-refractivity contribution in [1.29, 1.82) is 0 Å². The van der Waals surface area contributed by atoms with Crippen molar-refractivity contribution in [3.05, 3.63) is 40.5 Å². The van der Waals surface area contributed by atoms with E-state index >= 15 is 0 Å². The van der Waals surface area contributed by atoms with E-state index in [1.54, 1.807) is 17.4 Å². The van der Waals surface area contributed by atoms with E-state index in [0.29, 0.717) is 11.4 Å². The summed E-state index contributed by atoms with van der Waals surface area (Å²) in [6.45, 7) is 5.93. The summed E-state index contributed by atoms with van der Waals surface area (Å²) in [7, 11) is 2.13. The summed E-state index contributed by atoms with van der Waals surface area (Å²) < 4.78 is 19.5. The lowest BCUT2D eigenvalue weighted by Crippen LogP contribution is -2.47. The van der Waals surface area contributed by atoms with Gasteiger partial charge in [-0.05, 0) is 32.2 Å². The number of thiophene rings is 1. The van der Waals surface area contributed by atoms with Crippen LogP contribution in [-0.2, 0) is 0 Å². The summed E-state index contributed by atoms with van der Waals surface area (Å²) in [5, 5.41) is 0.796. The molecule has 2 aromatic rings. The molecule has 120 valence electrons. The van der Waals surface area contributed by atoms with Gasteiger partial charge in [-0.15, -0.1) is 11.3 Å². The highest BCUT2D eigenvalue weighted by molar-refractivity contribution is 7.14. The van der Waals surface area contributed by atoms with Gasteiger partial charge in [0.15, 0.2) is 10.8 Å². The van der Waals surface area contributed by atoms with Crippen LogP contribution in [0.2, 0.25) is 0 Å². The van der Waals surface area contributed by atoms with Crippen LogP contribution < -0.4 is 4.74 Å². The van der Waals surface area contributed by atoms with Crippen LogP contribution in [0, 0.1) is 12.7 Å². The van der Waals surface area contributed by atoms with Crippen molar-refractivity contribution in [3.63, 3.8) is 0 Å². The molecule has 1 aromatic heterocycles. The maximum absolute atomic E-state index is 13.6.